The molecule has 0 heterocycles. The monoisotopic (exact) mass is 163 g/mol. The van der Waals surface area contributed by atoms with Gasteiger partial charge in [-0.3, -0.25) is 0 Å². The van der Waals surface area contributed by atoms with Gasteiger partial charge in [-0.1, -0.05) is 30.3 Å². The molecule has 0 radical (unpaired) electrons. The van der Waals surface area contributed by atoms with Gasteiger partial charge in [0.1, 0.15) is 0 Å². The topological polar surface area (TPSA) is 20.2 Å². The molecule has 1 saturated carbocycles. The summed E-state index contributed by atoms with van der Waals surface area (Å²) in [6.45, 7) is 0. The van der Waals surface area contributed by atoms with Gasteiger partial charge in [0.2, 0.25) is 0 Å². The van der Waals surface area contributed by atoms with Crippen molar-refractivity contribution in [3.8, 4) is 0 Å². The van der Waals surface area contributed by atoms with Gasteiger partial charge in [0, 0.05) is 1.37 Å². The first-order chi connectivity index (χ1) is 6.21. The van der Waals surface area contributed by atoms with E-state index in [1.54, 1.807) is 0 Å². The van der Waals surface area contributed by atoms with Crippen LogP contribution in [-0.2, 0) is 6.42 Å². The van der Waals surface area contributed by atoms with Crippen LogP contribution in [0.5, 0.6) is 0 Å². The van der Waals surface area contributed by atoms with Crippen molar-refractivity contribution in [2.24, 2.45) is 0 Å². The second-order valence-corrected chi connectivity index (χ2v) is 3.50. The van der Waals surface area contributed by atoms with Gasteiger partial charge in [0.05, 0.1) is 5.60 Å². The lowest BCUT2D eigenvalue weighted by Crippen LogP contribution is -2.07. The first-order valence-electron chi connectivity index (χ1n) is 4.97. The smallest absolute Gasteiger partial charge is 0.0653 e. The van der Waals surface area contributed by atoms with E-state index < -0.39 is 5.60 Å². The second-order valence-electron chi connectivity index (χ2n) is 3.50. The molecule has 1 N–H and O–H groups in total. The maximum atomic E-state index is 9.67. The van der Waals surface area contributed by atoms with E-state index >= 15 is 0 Å². The van der Waals surface area contributed by atoms with Crippen molar-refractivity contribution in [3.63, 3.8) is 0 Å². The minimum atomic E-state index is -0.671. The number of benzene rings is 1. The van der Waals surface area contributed by atoms with Gasteiger partial charge in [0.25, 0.3) is 0 Å². The van der Waals surface area contributed by atoms with E-state index in [9.17, 15) is 5.11 Å². The third kappa shape index (κ3) is 1.86. The molecule has 0 spiro atoms. The highest BCUT2D eigenvalue weighted by molar-refractivity contribution is 5.15. The highest BCUT2D eigenvalue weighted by Gasteiger charge is 2.39. The zero-order valence-electron chi connectivity index (χ0n) is 8.03. The molecular weight excluding hydrogens is 148 g/mol. The van der Waals surface area contributed by atoms with Crippen molar-refractivity contribution in [2.75, 3.05) is 0 Å². The molecule has 0 aliphatic heterocycles. The Morgan fingerprint density at radius 2 is 2.08 bits per heavy atom. The zero-order valence-corrected chi connectivity index (χ0v) is 7.03. The number of rotatable bonds is 3. The predicted molar refractivity (Wildman–Crippen MR) is 48.9 cm³/mol. The number of aryl methyl sites for hydroxylation is 1. The fourth-order valence-electron chi connectivity index (χ4n) is 1.33. The van der Waals surface area contributed by atoms with Gasteiger partial charge in [-0.2, -0.15) is 0 Å². The van der Waals surface area contributed by atoms with Crippen molar-refractivity contribution in [1.29, 1.82) is 0 Å². The Morgan fingerprint density at radius 3 is 2.67 bits per heavy atom. The molecule has 2 unspecified atom stereocenters. The molecule has 2 rings (SSSR count). The maximum Gasteiger partial charge on any atom is 0.0653 e. The molecule has 12 heavy (non-hydrogen) atoms. The highest BCUT2D eigenvalue weighted by Crippen LogP contribution is 2.39. The van der Waals surface area contributed by atoms with Crippen molar-refractivity contribution in [3.05, 3.63) is 35.9 Å². The molecule has 2 atom stereocenters. The van der Waals surface area contributed by atoms with Crippen LogP contribution < -0.4 is 0 Å². The van der Waals surface area contributed by atoms with Crippen LogP contribution in [0, 0.1) is 0 Å². The third-order valence-electron chi connectivity index (χ3n) is 2.36. The van der Waals surface area contributed by atoms with Crippen molar-refractivity contribution in [1.82, 2.24) is 0 Å². The second kappa shape index (κ2) is 2.91. The van der Waals surface area contributed by atoms with E-state index in [1.807, 2.05) is 18.2 Å². The molecular formula is C11H14O. The Hall–Kier alpha value is -0.820. The average Bonchev–Trinajstić information content (AvgIpc) is 2.74. The zero-order chi connectivity index (χ0) is 9.31. The summed E-state index contributed by atoms with van der Waals surface area (Å²) < 4.78 is 7.36. The van der Waals surface area contributed by atoms with E-state index in [2.05, 4.69) is 12.1 Å². The van der Waals surface area contributed by atoms with Crippen LogP contribution in [0.4, 0.5) is 0 Å². The van der Waals surface area contributed by atoms with E-state index in [4.69, 9.17) is 1.37 Å². The van der Waals surface area contributed by atoms with Crippen LogP contribution in [0.3, 0.4) is 0 Å². The largest absolute Gasteiger partial charge is 0.390 e. The molecule has 1 aromatic carbocycles. The first-order valence-corrected chi connectivity index (χ1v) is 4.39. The van der Waals surface area contributed by atoms with Crippen LogP contribution in [0.15, 0.2) is 30.3 Å². The molecule has 0 bridgehead atoms. The average molecular weight is 163 g/mol. The van der Waals surface area contributed by atoms with E-state index in [1.165, 1.54) is 5.56 Å². The van der Waals surface area contributed by atoms with Gasteiger partial charge >= 0.3 is 0 Å². The number of hydrogen-bond acceptors (Lipinski definition) is 1. The van der Waals surface area contributed by atoms with Gasteiger partial charge in [0.15, 0.2) is 0 Å². The Balaban J connectivity index is 1.87. The predicted octanol–water partition coefficient (Wildman–Crippen LogP) is 2.14. The fraction of sp³-hybridized carbons (Fsp3) is 0.455. The van der Waals surface area contributed by atoms with Crippen LogP contribution in [0.25, 0.3) is 0 Å². The van der Waals surface area contributed by atoms with Crippen molar-refractivity contribution < 1.29 is 6.48 Å². The van der Waals surface area contributed by atoms with Crippen LogP contribution in [0.2, 0.25) is 0 Å². The minimum absolute atomic E-state index is 0.240. The molecule has 1 nitrogen and oxygen atoms in total. The fourth-order valence-corrected chi connectivity index (χ4v) is 1.33. The lowest BCUT2D eigenvalue weighted by atomic mass is 10.1. The van der Waals surface area contributed by atoms with Crippen LogP contribution in [0.1, 0.15) is 26.2 Å². The summed E-state index contributed by atoms with van der Waals surface area (Å²) in [6.07, 6.45) is 2.02. The molecule has 1 aromatic rings. The normalized spacial score (nSPS) is 34.4. The molecule has 0 amide bonds. The minimum Gasteiger partial charge on any atom is -0.390 e. The lowest BCUT2D eigenvalue weighted by molar-refractivity contribution is 0.140. The van der Waals surface area contributed by atoms with Gasteiger partial charge < -0.3 is 5.11 Å². The summed E-state index contributed by atoms with van der Waals surface area (Å²) in [7, 11) is 0. The molecule has 0 aromatic heterocycles. The molecule has 64 valence electrons. The summed E-state index contributed by atoms with van der Waals surface area (Å²) in [5, 5.41) is 9.67. The Bertz CT molecular complexity index is 285. The molecule has 1 fully saturated rings. The molecule has 1 aliphatic rings. The molecule has 0 saturated heterocycles. The quantitative estimate of drug-likeness (QED) is 0.723. The van der Waals surface area contributed by atoms with E-state index in [0.717, 1.165) is 12.8 Å². The SMILES string of the molecule is [2H]C1CC1(O)CCc1ccccc1. The van der Waals surface area contributed by atoms with Gasteiger partial charge in [-0.15, -0.1) is 0 Å². The van der Waals surface area contributed by atoms with Crippen molar-refractivity contribution >= 4 is 0 Å². The number of aliphatic hydroxyl groups is 1. The summed E-state index contributed by atoms with van der Waals surface area (Å²) in [5.74, 6) is 0. The highest BCUT2D eigenvalue weighted by atomic mass is 16.3. The molecule has 1 aliphatic carbocycles. The van der Waals surface area contributed by atoms with Crippen LogP contribution >= 0.6 is 0 Å². The standard InChI is InChI=1S/C11H14O/c12-11(8-9-11)7-6-10-4-2-1-3-5-10/h1-5,12H,6-9H2/i8D. The third-order valence-corrected chi connectivity index (χ3v) is 2.36. The summed E-state index contributed by atoms with van der Waals surface area (Å²) in [6, 6.07) is 10.1. The Labute approximate surface area is 74.4 Å². The Kier molecular flexibility index (Phi) is 1.62. The van der Waals surface area contributed by atoms with E-state index in [-0.39, 0.29) is 6.40 Å². The summed E-state index contributed by atoms with van der Waals surface area (Å²) in [5.41, 5.74) is 0.575. The summed E-state index contributed by atoms with van der Waals surface area (Å²) >= 11 is 0. The maximum absolute atomic E-state index is 9.67. The van der Waals surface area contributed by atoms with Gasteiger partial charge in [-0.05, 0) is 31.2 Å². The van der Waals surface area contributed by atoms with Crippen LogP contribution in [-0.4, -0.2) is 10.7 Å². The van der Waals surface area contributed by atoms with Gasteiger partial charge in [-0.25, -0.2) is 0 Å². The number of hydrogen-bond donors (Lipinski definition) is 1. The summed E-state index contributed by atoms with van der Waals surface area (Å²) in [4.78, 5) is 0. The first kappa shape index (κ1) is 6.67. The van der Waals surface area contributed by atoms with E-state index in [0.29, 0.717) is 6.42 Å². The molecule has 1 heteroatoms. The lowest BCUT2D eigenvalue weighted by Gasteiger charge is -2.06. The van der Waals surface area contributed by atoms with Crippen molar-refractivity contribution in [2.45, 2.75) is 31.3 Å². The Morgan fingerprint density at radius 1 is 1.42 bits per heavy atom.